The summed E-state index contributed by atoms with van der Waals surface area (Å²) in [5, 5.41) is 23.4. The first-order valence-electron chi connectivity index (χ1n) is 5.97. The molecule has 1 heterocycles. The third kappa shape index (κ3) is 3.39. The average molecular weight is 310 g/mol. The van der Waals surface area contributed by atoms with Gasteiger partial charge in [0.2, 0.25) is 0 Å². The maximum absolute atomic E-state index is 11.8. The quantitative estimate of drug-likeness (QED) is 0.683. The normalized spacial score (nSPS) is 11.9. The predicted octanol–water partition coefficient (Wildman–Crippen LogP) is 1.46. The minimum Gasteiger partial charge on any atom is -0.480 e. The van der Waals surface area contributed by atoms with Gasteiger partial charge in [-0.1, -0.05) is 11.6 Å². The number of anilines is 1. The van der Waals surface area contributed by atoms with E-state index in [0.29, 0.717) is 21.6 Å². The van der Waals surface area contributed by atoms with Crippen LogP contribution in [0.2, 0.25) is 5.02 Å². The Morgan fingerprint density at radius 3 is 2.76 bits per heavy atom. The fraction of sp³-hybridized carbons (Fsp3) is 0.154. The van der Waals surface area contributed by atoms with Crippen molar-refractivity contribution in [3.8, 4) is 0 Å². The predicted molar refractivity (Wildman–Crippen MR) is 77.4 cm³/mol. The van der Waals surface area contributed by atoms with Crippen molar-refractivity contribution < 1.29 is 19.8 Å². The molecule has 0 saturated heterocycles. The molecule has 0 radical (unpaired) electrons. The molecule has 0 bridgehead atoms. The van der Waals surface area contributed by atoms with Gasteiger partial charge in [-0.2, -0.15) is 0 Å². The summed E-state index contributed by atoms with van der Waals surface area (Å²) in [5.41, 5.74) is 0.866. The van der Waals surface area contributed by atoms with Gasteiger partial charge in [0.15, 0.2) is 6.04 Å². The molecule has 0 aliphatic carbocycles. The lowest BCUT2D eigenvalue weighted by molar-refractivity contribution is -0.140. The minimum atomic E-state index is -1.38. The molecule has 2 amide bonds. The van der Waals surface area contributed by atoms with Crippen LogP contribution in [0.3, 0.4) is 0 Å². The molecule has 0 saturated carbocycles. The number of aromatic nitrogens is 1. The van der Waals surface area contributed by atoms with Gasteiger partial charge >= 0.3 is 12.0 Å². The highest BCUT2D eigenvalue weighted by molar-refractivity contribution is 6.35. The number of urea groups is 1. The number of halogens is 1. The molecule has 110 valence electrons. The number of aliphatic carboxylic acids is 1. The summed E-state index contributed by atoms with van der Waals surface area (Å²) in [7, 11) is 0. The maximum atomic E-state index is 11.8. The van der Waals surface area contributed by atoms with Crippen LogP contribution in [0, 0.1) is 0 Å². The third-order valence-corrected chi connectivity index (χ3v) is 3.08. The fourth-order valence-electron chi connectivity index (χ4n) is 1.74. The van der Waals surface area contributed by atoms with Gasteiger partial charge in [0, 0.05) is 11.6 Å². The summed E-state index contributed by atoms with van der Waals surface area (Å²) in [6, 6.07) is 4.49. The van der Waals surface area contributed by atoms with Crippen LogP contribution < -0.4 is 10.6 Å². The van der Waals surface area contributed by atoms with E-state index < -0.39 is 24.6 Å². The number of carboxylic acid groups (broad SMARTS) is 1. The fourth-order valence-corrected chi connectivity index (χ4v) is 1.96. The van der Waals surface area contributed by atoms with Crippen molar-refractivity contribution in [1.82, 2.24) is 10.3 Å². The van der Waals surface area contributed by atoms with Crippen molar-refractivity contribution in [3.63, 3.8) is 0 Å². The standard InChI is InChI=1S/C13H12ClN3O4/c14-8-3-4-9(11-7(8)2-1-5-15-11)16-13(21)17-10(6-18)12(19)20/h1-5,10,18H,6H2,(H,19,20)(H2,16,17,21)/t10-/m1/s1. The Hall–Kier alpha value is -2.38. The molecule has 7 nitrogen and oxygen atoms in total. The smallest absolute Gasteiger partial charge is 0.328 e. The molecule has 0 unspecified atom stereocenters. The van der Waals surface area contributed by atoms with E-state index in [1.807, 2.05) is 0 Å². The Morgan fingerprint density at radius 2 is 2.10 bits per heavy atom. The highest BCUT2D eigenvalue weighted by Gasteiger charge is 2.19. The van der Waals surface area contributed by atoms with Gasteiger partial charge in [0.25, 0.3) is 0 Å². The number of rotatable bonds is 4. The van der Waals surface area contributed by atoms with Crippen molar-refractivity contribution in [3.05, 3.63) is 35.5 Å². The Kier molecular flexibility index (Phi) is 4.56. The zero-order valence-electron chi connectivity index (χ0n) is 10.7. The number of pyridine rings is 1. The molecular weight excluding hydrogens is 298 g/mol. The molecule has 0 aliphatic heterocycles. The summed E-state index contributed by atoms with van der Waals surface area (Å²) in [4.78, 5) is 26.6. The number of amides is 2. The van der Waals surface area contributed by atoms with E-state index in [4.69, 9.17) is 21.8 Å². The van der Waals surface area contributed by atoms with Crippen LogP contribution in [0.5, 0.6) is 0 Å². The number of hydrogen-bond donors (Lipinski definition) is 4. The maximum Gasteiger partial charge on any atom is 0.328 e. The second-order valence-electron chi connectivity index (χ2n) is 4.17. The van der Waals surface area contributed by atoms with Gasteiger partial charge in [-0.15, -0.1) is 0 Å². The molecule has 0 spiro atoms. The Morgan fingerprint density at radius 1 is 1.33 bits per heavy atom. The van der Waals surface area contributed by atoms with E-state index in [1.165, 1.54) is 0 Å². The number of aliphatic hydroxyl groups is 1. The first-order chi connectivity index (χ1) is 10.0. The summed E-state index contributed by atoms with van der Waals surface area (Å²) < 4.78 is 0. The van der Waals surface area contributed by atoms with Gasteiger partial charge in [0.05, 0.1) is 22.8 Å². The van der Waals surface area contributed by atoms with Crippen LogP contribution in [0.1, 0.15) is 0 Å². The number of benzene rings is 1. The highest BCUT2D eigenvalue weighted by atomic mass is 35.5. The van der Waals surface area contributed by atoms with Crippen LogP contribution in [0.25, 0.3) is 10.9 Å². The molecule has 2 aromatic rings. The molecule has 1 aromatic carbocycles. The van der Waals surface area contributed by atoms with Crippen LogP contribution in [0.15, 0.2) is 30.5 Å². The number of nitrogens with zero attached hydrogens (tertiary/aromatic N) is 1. The van der Waals surface area contributed by atoms with Gasteiger partial charge in [0.1, 0.15) is 0 Å². The van der Waals surface area contributed by atoms with Crippen molar-refractivity contribution in [2.75, 3.05) is 11.9 Å². The molecule has 0 aliphatic rings. The lowest BCUT2D eigenvalue weighted by atomic mass is 10.2. The number of carbonyl (C=O) groups excluding carboxylic acids is 1. The van der Waals surface area contributed by atoms with Gasteiger partial charge < -0.3 is 20.8 Å². The largest absolute Gasteiger partial charge is 0.480 e. The second-order valence-corrected chi connectivity index (χ2v) is 4.57. The Labute approximate surface area is 124 Å². The van der Waals surface area contributed by atoms with E-state index in [0.717, 1.165) is 0 Å². The van der Waals surface area contributed by atoms with Gasteiger partial charge in [-0.25, -0.2) is 9.59 Å². The van der Waals surface area contributed by atoms with E-state index >= 15 is 0 Å². The number of aliphatic hydroxyl groups excluding tert-OH is 1. The van der Waals surface area contributed by atoms with Crippen LogP contribution in [0.4, 0.5) is 10.5 Å². The zero-order valence-corrected chi connectivity index (χ0v) is 11.5. The topological polar surface area (TPSA) is 112 Å². The molecular formula is C13H12ClN3O4. The van der Waals surface area contributed by atoms with Crippen molar-refractivity contribution in [2.24, 2.45) is 0 Å². The minimum absolute atomic E-state index is 0.384. The first kappa shape index (κ1) is 15.0. The number of carboxylic acids is 1. The Balaban J connectivity index is 2.22. The number of fused-ring (bicyclic) bond motifs is 1. The monoisotopic (exact) mass is 309 g/mol. The van der Waals surface area contributed by atoms with E-state index in [-0.39, 0.29) is 0 Å². The lowest BCUT2D eigenvalue weighted by Gasteiger charge is -2.13. The molecule has 2 rings (SSSR count). The number of carbonyl (C=O) groups is 2. The zero-order chi connectivity index (χ0) is 15.4. The highest BCUT2D eigenvalue weighted by Crippen LogP contribution is 2.27. The van der Waals surface area contributed by atoms with E-state index in [2.05, 4.69) is 15.6 Å². The van der Waals surface area contributed by atoms with Crippen molar-refractivity contribution in [1.29, 1.82) is 0 Å². The van der Waals surface area contributed by atoms with Crippen molar-refractivity contribution in [2.45, 2.75) is 6.04 Å². The molecule has 1 aromatic heterocycles. The third-order valence-electron chi connectivity index (χ3n) is 2.75. The van der Waals surface area contributed by atoms with E-state index in [1.54, 1.807) is 30.5 Å². The summed E-state index contributed by atoms with van der Waals surface area (Å²) in [6.45, 7) is -0.706. The second kappa shape index (κ2) is 6.38. The SMILES string of the molecule is O=C(Nc1ccc(Cl)c2cccnc12)N[C@H](CO)C(=O)O. The Bertz CT molecular complexity index is 692. The molecule has 0 fully saturated rings. The molecule has 21 heavy (non-hydrogen) atoms. The van der Waals surface area contributed by atoms with Crippen LogP contribution >= 0.6 is 11.6 Å². The number of nitrogens with one attached hydrogen (secondary N) is 2. The van der Waals surface area contributed by atoms with Crippen molar-refractivity contribution >= 4 is 40.2 Å². The molecule has 4 N–H and O–H groups in total. The number of hydrogen-bond acceptors (Lipinski definition) is 4. The summed E-state index contributed by atoms with van der Waals surface area (Å²) >= 11 is 6.03. The van der Waals surface area contributed by atoms with Gasteiger partial charge in [-0.05, 0) is 24.3 Å². The van der Waals surface area contributed by atoms with Gasteiger partial charge in [-0.3, -0.25) is 4.98 Å². The van der Waals surface area contributed by atoms with Crippen LogP contribution in [-0.4, -0.2) is 39.8 Å². The van der Waals surface area contributed by atoms with E-state index in [9.17, 15) is 9.59 Å². The summed E-state index contributed by atoms with van der Waals surface area (Å²) in [6.07, 6.45) is 1.55. The van der Waals surface area contributed by atoms with Crippen LogP contribution in [-0.2, 0) is 4.79 Å². The summed E-state index contributed by atoms with van der Waals surface area (Å²) in [5.74, 6) is -1.33. The average Bonchev–Trinajstić information content (AvgIpc) is 2.47. The lowest BCUT2D eigenvalue weighted by Crippen LogP contribution is -2.45. The first-order valence-corrected chi connectivity index (χ1v) is 6.35. The molecule has 1 atom stereocenters. The molecule has 8 heteroatoms.